The molecule has 1 atom stereocenters. The van der Waals surface area contributed by atoms with Crippen LogP contribution in [0.25, 0.3) is 0 Å². The highest BCUT2D eigenvalue weighted by molar-refractivity contribution is 7.90. The average molecular weight is 467 g/mol. The van der Waals surface area contributed by atoms with E-state index in [2.05, 4.69) is 20.8 Å². The first-order valence-electron chi connectivity index (χ1n) is 10.4. The summed E-state index contributed by atoms with van der Waals surface area (Å²) in [6, 6.07) is 8.04. The topological polar surface area (TPSA) is 140 Å². The highest BCUT2D eigenvalue weighted by Crippen LogP contribution is 2.10. The second kappa shape index (κ2) is 12.2. The van der Waals surface area contributed by atoms with Crippen LogP contribution in [0.3, 0.4) is 0 Å². The van der Waals surface area contributed by atoms with Gasteiger partial charge in [-0.15, -0.1) is 0 Å². The summed E-state index contributed by atoms with van der Waals surface area (Å²) < 4.78 is 33.3. The van der Waals surface area contributed by atoms with Crippen molar-refractivity contribution in [3.63, 3.8) is 0 Å². The molecule has 2 N–H and O–H groups in total. The van der Waals surface area contributed by atoms with Crippen LogP contribution in [0.5, 0.6) is 0 Å². The number of aryl methyl sites for hydroxylation is 1. The Balaban J connectivity index is 1.83. The minimum Gasteiger partial charge on any atom is -0.445 e. The number of amides is 2. The van der Waals surface area contributed by atoms with E-state index in [9.17, 15) is 18.0 Å². The van der Waals surface area contributed by atoms with Crippen LogP contribution < -0.4 is 10.6 Å². The molecule has 0 radical (unpaired) electrons. The largest absolute Gasteiger partial charge is 0.445 e. The summed E-state index contributed by atoms with van der Waals surface area (Å²) in [4.78, 5) is 29.0. The molecule has 2 aromatic rings. The van der Waals surface area contributed by atoms with Gasteiger partial charge in [-0.2, -0.15) is 4.98 Å². The van der Waals surface area contributed by atoms with Gasteiger partial charge in [0.05, 0.1) is 5.75 Å². The number of nitrogens with one attached hydrogen (secondary N) is 2. The molecule has 0 aliphatic carbocycles. The Kier molecular flexibility index (Phi) is 9.63. The number of benzene rings is 1. The van der Waals surface area contributed by atoms with Gasteiger partial charge in [0.2, 0.25) is 11.8 Å². The maximum Gasteiger partial charge on any atom is 0.408 e. The number of hydrogen-bond acceptors (Lipinski definition) is 8. The van der Waals surface area contributed by atoms with Gasteiger partial charge in [0.25, 0.3) is 0 Å². The van der Waals surface area contributed by atoms with Gasteiger partial charge < -0.3 is 19.9 Å². The molecule has 0 saturated heterocycles. The van der Waals surface area contributed by atoms with Crippen LogP contribution in [0.15, 0.2) is 34.9 Å². The standard InChI is InChI=1S/C21H30N4O6S/c1-15(2)19-24-18(31-25-19)10-7-12-22-20(26)17(11-13-32(3,28)29)23-21(27)30-14-16-8-5-4-6-9-16/h4-6,8-9,15,17H,7,10-14H2,1-3H3,(H,22,26)(H,23,27). The zero-order valence-corrected chi connectivity index (χ0v) is 19.4. The third-order valence-corrected chi connectivity index (χ3v) is 5.44. The first-order valence-corrected chi connectivity index (χ1v) is 12.4. The summed E-state index contributed by atoms with van der Waals surface area (Å²) >= 11 is 0. The molecule has 0 bridgehead atoms. The number of carbonyl (C=O) groups excluding carboxylic acids is 2. The lowest BCUT2D eigenvalue weighted by molar-refractivity contribution is -0.123. The Morgan fingerprint density at radius 1 is 1.19 bits per heavy atom. The van der Waals surface area contributed by atoms with Crippen LogP contribution in [0.2, 0.25) is 0 Å². The van der Waals surface area contributed by atoms with Crippen molar-refractivity contribution in [2.45, 2.75) is 51.7 Å². The van der Waals surface area contributed by atoms with Crippen LogP contribution >= 0.6 is 0 Å². The number of hydrogen-bond donors (Lipinski definition) is 2. The Morgan fingerprint density at radius 2 is 1.91 bits per heavy atom. The molecule has 0 aliphatic heterocycles. The van der Waals surface area contributed by atoms with Gasteiger partial charge in [0.15, 0.2) is 5.82 Å². The average Bonchev–Trinajstić information content (AvgIpc) is 3.22. The number of aromatic nitrogens is 2. The van der Waals surface area contributed by atoms with Crippen LogP contribution in [0.4, 0.5) is 4.79 Å². The zero-order valence-electron chi connectivity index (χ0n) is 18.5. The van der Waals surface area contributed by atoms with Gasteiger partial charge >= 0.3 is 6.09 Å². The Bertz CT molecular complexity index is 975. The van der Waals surface area contributed by atoms with Crippen molar-refractivity contribution in [1.82, 2.24) is 20.8 Å². The summed E-state index contributed by atoms with van der Waals surface area (Å²) in [6.45, 7) is 4.26. The Labute approximate surface area is 188 Å². The predicted octanol–water partition coefficient (Wildman–Crippen LogP) is 1.97. The number of sulfone groups is 1. The van der Waals surface area contributed by atoms with Crippen LogP contribution in [0, 0.1) is 0 Å². The fourth-order valence-corrected chi connectivity index (χ4v) is 3.35. The molecule has 1 aromatic carbocycles. The number of ether oxygens (including phenoxy) is 1. The summed E-state index contributed by atoms with van der Waals surface area (Å²) in [5.41, 5.74) is 0.793. The van der Waals surface area contributed by atoms with Crippen molar-refractivity contribution in [3.05, 3.63) is 47.6 Å². The minimum absolute atomic E-state index is 0.0373. The quantitative estimate of drug-likeness (QED) is 0.452. The summed E-state index contributed by atoms with van der Waals surface area (Å²) in [5, 5.41) is 9.04. The van der Waals surface area contributed by atoms with Crippen molar-refractivity contribution in [3.8, 4) is 0 Å². The third kappa shape index (κ3) is 9.46. The van der Waals surface area contributed by atoms with E-state index < -0.39 is 27.9 Å². The monoisotopic (exact) mass is 466 g/mol. The molecule has 0 fully saturated rings. The first-order chi connectivity index (χ1) is 15.1. The molecular formula is C21H30N4O6S. The molecule has 11 heteroatoms. The molecule has 176 valence electrons. The Morgan fingerprint density at radius 3 is 2.53 bits per heavy atom. The van der Waals surface area contributed by atoms with Gasteiger partial charge in [-0.25, -0.2) is 13.2 Å². The summed E-state index contributed by atoms with van der Waals surface area (Å²) in [6.07, 6.45) is 1.25. The highest BCUT2D eigenvalue weighted by atomic mass is 32.2. The van der Waals surface area contributed by atoms with Gasteiger partial charge in [0.1, 0.15) is 22.5 Å². The second-order valence-electron chi connectivity index (χ2n) is 7.77. The van der Waals surface area contributed by atoms with Gasteiger partial charge in [-0.1, -0.05) is 49.3 Å². The first kappa shape index (κ1) is 25.3. The SMILES string of the molecule is CC(C)c1noc(CCCNC(=O)C(CCS(C)(=O)=O)NC(=O)OCc2ccccc2)n1. The molecule has 0 spiro atoms. The normalized spacial score (nSPS) is 12.4. The summed E-state index contributed by atoms with van der Waals surface area (Å²) in [7, 11) is -3.31. The Hall–Kier alpha value is -2.95. The molecule has 2 amide bonds. The van der Waals surface area contributed by atoms with Crippen molar-refractivity contribution < 1.29 is 27.3 Å². The van der Waals surface area contributed by atoms with Crippen molar-refractivity contribution in [1.29, 1.82) is 0 Å². The van der Waals surface area contributed by atoms with E-state index in [-0.39, 0.29) is 24.7 Å². The molecule has 10 nitrogen and oxygen atoms in total. The molecule has 32 heavy (non-hydrogen) atoms. The smallest absolute Gasteiger partial charge is 0.408 e. The maximum atomic E-state index is 12.5. The van der Waals surface area contributed by atoms with Gasteiger partial charge in [0, 0.05) is 25.1 Å². The van der Waals surface area contributed by atoms with Crippen LogP contribution in [-0.4, -0.2) is 55.2 Å². The molecule has 1 heterocycles. The van der Waals surface area contributed by atoms with E-state index in [0.717, 1.165) is 11.8 Å². The lowest BCUT2D eigenvalue weighted by Crippen LogP contribution is -2.48. The number of carbonyl (C=O) groups is 2. The molecule has 1 aromatic heterocycles. The van der Waals surface area contributed by atoms with Gasteiger partial charge in [-0.05, 0) is 18.4 Å². The van der Waals surface area contributed by atoms with Gasteiger partial charge in [-0.3, -0.25) is 4.79 Å². The van der Waals surface area contributed by atoms with Crippen molar-refractivity contribution >= 4 is 21.8 Å². The third-order valence-electron chi connectivity index (χ3n) is 4.47. The fraction of sp³-hybridized carbons (Fsp3) is 0.524. The van der Waals surface area contributed by atoms with Crippen LogP contribution in [-0.2, 0) is 32.4 Å². The van der Waals surface area contributed by atoms with E-state index in [4.69, 9.17) is 9.26 Å². The van der Waals surface area contributed by atoms with E-state index in [1.165, 1.54) is 0 Å². The summed E-state index contributed by atoms with van der Waals surface area (Å²) in [5.74, 6) is 0.542. The predicted molar refractivity (Wildman–Crippen MR) is 118 cm³/mol. The second-order valence-corrected chi connectivity index (χ2v) is 10.0. The molecule has 0 aliphatic rings. The van der Waals surface area contributed by atoms with Crippen molar-refractivity contribution in [2.75, 3.05) is 18.6 Å². The molecule has 2 rings (SSSR count). The molecular weight excluding hydrogens is 436 g/mol. The number of alkyl carbamates (subject to hydrolysis) is 1. The van der Waals surface area contributed by atoms with E-state index >= 15 is 0 Å². The lowest BCUT2D eigenvalue weighted by Gasteiger charge is -2.18. The minimum atomic E-state index is -3.31. The van der Waals surface area contributed by atoms with E-state index in [0.29, 0.717) is 31.1 Å². The van der Waals surface area contributed by atoms with E-state index in [1.807, 2.05) is 32.0 Å². The van der Waals surface area contributed by atoms with E-state index in [1.54, 1.807) is 12.1 Å². The molecule has 0 saturated carbocycles. The zero-order chi connectivity index (χ0) is 23.6. The lowest BCUT2D eigenvalue weighted by atomic mass is 10.2. The number of rotatable bonds is 12. The van der Waals surface area contributed by atoms with Crippen molar-refractivity contribution in [2.24, 2.45) is 0 Å². The highest BCUT2D eigenvalue weighted by Gasteiger charge is 2.23. The molecule has 1 unspecified atom stereocenters. The fourth-order valence-electron chi connectivity index (χ4n) is 2.69. The van der Waals surface area contributed by atoms with Crippen LogP contribution in [0.1, 0.15) is 49.9 Å². The number of nitrogens with zero attached hydrogens (tertiary/aromatic N) is 2. The maximum absolute atomic E-state index is 12.5.